The summed E-state index contributed by atoms with van der Waals surface area (Å²) in [4.78, 5) is 41.7. The van der Waals surface area contributed by atoms with E-state index in [4.69, 9.17) is 21.7 Å². The Hall–Kier alpha value is -3.50. The van der Waals surface area contributed by atoms with Gasteiger partial charge in [-0.2, -0.15) is 0 Å². The lowest BCUT2D eigenvalue weighted by Crippen LogP contribution is -2.60. The molecule has 2 saturated heterocycles. The summed E-state index contributed by atoms with van der Waals surface area (Å²) in [6.07, 6.45) is 1.68. The van der Waals surface area contributed by atoms with Crippen LogP contribution in [0.15, 0.2) is 54.6 Å². The van der Waals surface area contributed by atoms with Crippen molar-refractivity contribution in [2.45, 2.75) is 37.9 Å². The lowest BCUT2D eigenvalue weighted by atomic mass is 9.96. The fraction of sp³-hybridized carbons (Fsp3) is 0.407. The van der Waals surface area contributed by atoms with E-state index in [-0.39, 0.29) is 19.1 Å². The monoisotopic (exact) mass is 524 g/mol. The van der Waals surface area contributed by atoms with E-state index in [1.807, 2.05) is 41.3 Å². The standard InChI is InChI=1S/C27H32N4O5S/c1-3-36-23(32)18-31-24(33)22(17-19-9-5-4-6-10-19)29-27(31)13-15-30(16-14-27)26(37)28-21-12-8-7-11-20(21)25(34)35-2/h4-12,22,29H,3,13-18H2,1-2H3,(H,28,37). The number of anilines is 1. The molecule has 2 aromatic carbocycles. The van der Waals surface area contributed by atoms with E-state index in [9.17, 15) is 14.4 Å². The number of hydrogen-bond donors (Lipinski definition) is 2. The Labute approximate surface area is 222 Å². The molecule has 196 valence electrons. The minimum absolute atomic E-state index is 0.0971. The molecular weight excluding hydrogens is 492 g/mol. The second kappa shape index (κ2) is 11.7. The Bertz CT molecular complexity index is 1150. The molecule has 0 aromatic heterocycles. The number of likely N-dealkylation sites (tertiary alicyclic amines) is 1. The number of amides is 1. The first kappa shape index (κ1) is 26.6. The number of para-hydroxylation sites is 1. The Morgan fingerprint density at radius 3 is 2.46 bits per heavy atom. The van der Waals surface area contributed by atoms with Crippen LogP contribution in [-0.4, -0.2) is 77.8 Å². The van der Waals surface area contributed by atoms with Gasteiger partial charge in [0.25, 0.3) is 0 Å². The highest BCUT2D eigenvalue weighted by atomic mass is 32.1. The zero-order chi connectivity index (χ0) is 26.4. The van der Waals surface area contributed by atoms with Gasteiger partial charge in [-0.15, -0.1) is 0 Å². The maximum Gasteiger partial charge on any atom is 0.339 e. The summed E-state index contributed by atoms with van der Waals surface area (Å²) in [6.45, 7) is 3.03. The van der Waals surface area contributed by atoms with Gasteiger partial charge in [-0.25, -0.2) is 4.79 Å². The number of esters is 2. The minimum Gasteiger partial charge on any atom is -0.465 e. The van der Waals surface area contributed by atoms with Crippen LogP contribution in [0.1, 0.15) is 35.7 Å². The maximum atomic E-state index is 13.5. The first-order chi connectivity index (χ1) is 17.9. The van der Waals surface area contributed by atoms with E-state index in [0.29, 0.717) is 48.7 Å². The molecule has 0 radical (unpaired) electrons. The van der Waals surface area contributed by atoms with Crippen LogP contribution in [0.25, 0.3) is 0 Å². The molecule has 1 unspecified atom stereocenters. The predicted molar refractivity (Wildman–Crippen MR) is 143 cm³/mol. The number of rotatable bonds is 7. The van der Waals surface area contributed by atoms with Gasteiger partial charge in [-0.05, 0) is 43.3 Å². The Morgan fingerprint density at radius 2 is 1.78 bits per heavy atom. The van der Waals surface area contributed by atoms with Gasteiger partial charge in [-0.1, -0.05) is 42.5 Å². The second-order valence-electron chi connectivity index (χ2n) is 9.10. The van der Waals surface area contributed by atoms with Gasteiger partial charge in [0.05, 0.1) is 36.7 Å². The number of ether oxygens (including phenoxy) is 2. The van der Waals surface area contributed by atoms with Crippen molar-refractivity contribution in [1.82, 2.24) is 15.1 Å². The highest BCUT2D eigenvalue weighted by molar-refractivity contribution is 7.80. The van der Waals surface area contributed by atoms with Crippen LogP contribution in [0.5, 0.6) is 0 Å². The number of carbonyl (C=O) groups excluding carboxylic acids is 3. The summed E-state index contributed by atoms with van der Waals surface area (Å²) in [5.41, 5.74) is 1.35. The second-order valence-corrected chi connectivity index (χ2v) is 9.49. The van der Waals surface area contributed by atoms with Crippen LogP contribution < -0.4 is 10.6 Å². The first-order valence-electron chi connectivity index (χ1n) is 12.4. The van der Waals surface area contributed by atoms with Gasteiger partial charge in [0, 0.05) is 25.9 Å². The van der Waals surface area contributed by atoms with Crippen molar-refractivity contribution in [2.24, 2.45) is 0 Å². The van der Waals surface area contributed by atoms with Crippen LogP contribution >= 0.6 is 12.2 Å². The number of methoxy groups -OCH3 is 1. The summed E-state index contributed by atoms with van der Waals surface area (Å²) < 4.78 is 10.0. The van der Waals surface area contributed by atoms with Gasteiger partial charge in [-0.3, -0.25) is 14.9 Å². The van der Waals surface area contributed by atoms with Gasteiger partial charge >= 0.3 is 11.9 Å². The zero-order valence-corrected chi connectivity index (χ0v) is 21.9. The van der Waals surface area contributed by atoms with Crippen molar-refractivity contribution in [3.8, 4) is 0 Å². The number of nitrogens with zero attached hydrogens (tertiary/aromatic N) is 2. The van der Waals surface area contributed by atoms with Gasteiger partial charge in [0.1, 0.15) is 6.54 Å². The van der Waals surface area contributed by atoms with E-state index in [0.717, 1.165) is 5.56 Å². The van der Waals surface area contributed by atoms with Gasteiger partial charge < -0.3 is 24.6 Å². The largest absolute Gasteiger partial charge is 0.465 e. The average molecular weight is 525 g/mol. The van der Waals surface area contributed by atoms with Crippen LogP contribution in [0, 0.1) is 0 Å². The molecule has 37 heavy (non-hydrogen) atoms. The Kier molecular flexibility index (Phi) is 8.40. The van der Waals surface area contributed by atoms with E-state index < -0.39 is 23.6 Å². The average Bonchev–Trinajstić information content (AvgIpc) is 3.14. The number of thiocarbonyl (C=S) groups is 1. The molecule has 2 heterocycles. The van der Waals surface area contributed by atoms with Gasteiger partial charge in [0.2, 0.25) is 5.91 Å². The zero-order valence-electron chi connectivity index (χ0n) is 21.1. The molecular formula is C27H32N4O5S. The molecule has 2 aromatic rings. The van der Waals surface area contributed by atoms with E-state index in [1.165, 1.54) is 7.11 Å². The normalized spacial score (nSPS) is 18.5. The van der Waals surface area contributed by atoms with E-state index in [2.05, 4.69) is 10.6 Å². The highest BCUT2D eigenvalue weighted by Crippen LogP contribution is 2.33. The molecule has 1 amide bonds. The van der Waals surface area contributed by atoms with Crippen LogP contribution in [0.4, 0.5) is 5.69 Å². The molecule has 1 atom stereocenters. The van der Waals surface area contributed by atoms with Crippen molar-refractivity contribution in [1.29, 1.82) is 0 Å². The summed E-state index contributed by atoms with van der Waals surface area (Å²) in [7, 11) is 1.34. The summed E-state index contributed by atoms with van der Waals surface area (Å²) in [5, 5.41) is 7.21. The predicted octanol–water partition coefficient (Wildman–Crippen LogP) is 2.57. The minimum atomic E-state index is -0.667. The molecule has 0 aliphatic carbocycles. The molecule has 0 bridgehead atoms. The Morgan fingerprint density at radius 1 is 1.11 bits per heavy atom. The molecule has 4 rings (SSSR count). The molecule has 0 saturated carbocycles. The third-order valence-electron chi connectivity index (χ3n) is 6.85. The van der Waals surface area contributed by atoms with Crippen molar-refractivity contribution in [2.75, 3.05) is 38.7 Å². The SMILES string of the molecule is CCOC(=O)CN1C(=O)C(Cc2ccccc2)NC12CCN(C(=S)Nc1ccccc1C(=O)OC)CC2. The number of benzene rings is 2. The summed E-state index contributed by atoms with van der Waals surface area (Å²) in [6, 6.07) is 16.4. The summed E-state index contributed by atoms with van der Waals surface area (Å²) in [5.74, 6) is -0.967. The Balaban J connectivity index is 1.47. The van der Waals surface area contributed by atoms with Crippen molar-refractivity contribution >= 4 is 40.9 Å². The van der Waals surface area contributed by atoms with Gasteiger partial charge in [0.15, 0.2) is 5.11 Å². The first-order valence-corrected chi connectivity index (χ1v) is 12.8. The maximum absolute atomic E-state index is 13.5. The highest BCUT2D eigenvalue weighted by Gasteiger charge is 2.52. The third-order valence-corrected chi connectivity index (χ3v) is 7.21. The topological polar surface area (TPSA) is 100 Å². The van der Waals surface area contributed by atoms with Crippen molar-refractivity contribution in [3.63, 3.8) is 0 Å². The number of carbonyl (C=O) groups is 3. The number of hydrogen-bond acceptors (Lipinski definition) is 7. The molecule has 9 nitrogen and oxygen atoms in total. The van der Waals surface area contributed by atoms with E-state index >= 15 is 0 Å². The lowest BCUT2D eigenvalue weighted by molar-refractivity contribution is -0.151. The van der Waals surface area contributed by atoms with Crippen LogP contribution in [0.3, 0.4) is 0 Å². The van der Waals surface area contributed by atoms with Crippen molar-refractivity contribution < 1.29 is 23.9 Å². The quantitative estimate of drug-likeness (QED) is 0.418. The smallest absolute Gasteiger partial charge is 0.339 e. The van der Waals surface area contributed by atoms with E-state index in [1.54, 1.807) is 30.0 Å². The van der Waals surface area contributed by atoms with Crippen LogP contribution in [0.2, 0.25) is 0 Å². The van der Waals surface area contributed by atoms with Crippen molar-refractivity contribution in [3.05, 3.63) is 65.7 Å². The molecule has 10 heteroatoms. The molecule has 2 aliphatic heterocycles. The molecule has 2 fully saturated rings. The van der Waals surface area contributed by atoms with Crippen LogP contribution in [-0.2, 0) is 25.5 Å². The molecule has 1 spiro atoms. The fourth-order valence-corrected chi connectivity index (χ4v) is 5.28. The number of piperidine rings is 1. The molecule has 2 aliphatic rings. The third kappa shape index (κ3) is 5.91. The molecule has 2 N–H and O–H groups in total. The fourth-order valence-electron chi connectivity index (χ4n) is 4.98. The lowest BCUT2D eigenvalue weighted by Gasteiger charge is -2.45. The number of nitrogens with one attached hydrogen (secondary N) is 2. The summed E-state index contributed by atoms with van der Waals surface area (Å²) >= 11 is 5.66.